The molecule has 156 valence electrons. The van der Waals surface area contributed by atoms with Crippen LogP contribution in [-0.4, -0.2) is 21.6 Å². The monoisotopic (exact) mass is 453 g/mol. The molecule has 0 saturated carbocycles. The highest BCUT2D eigenvalue weighted by Crippen LogP contribution is 2.29. The highest BCUT2D eigenvalue weighted by atomic mass is 35.5. The lowest BCUT2D eigenvalue weighted by Gasteiger charge is -2.12. The van der Waals surface area contributed by atoms with Crippen molar-refractivity contribution in [3.05, 3.63) is 86.7 Å². The molecule has 2 N–H and O–H groups in total. The number of anilines is 1. The van der Waals surface area contributed by atoms with Gasteiger partial charge in [0.05, 0.1) is 16.3 Å². The number of carbonyl (C=O) groups is 2. The molecule has 0 atom stereocenters. The molecule has 0 aliphatic heterocycles. The molecule has 1 amide bonds. The summed E-state index contributed by atoms with van der Waals surface area (Å²) in [7, 11) is 0. The van der Waals surface area contributed by atoms with Crippen LogP contribution >= 0.6 is 23.2 Å². The first kappa shape index (κ1) is 22.2. The fraction of sp³-hybridized carbons (Fsp3) is 0.0870. The van der Waals surface area contributed by atoms with Gasteiger partial charge in [-0.1, -0.05) is 23.2 Å². The van der Waals surface area contributed by atoms with E-state index < -0.39 is 11.9 Å². The van der Waals surface area contributed by atoms with Gasteiger partial charge in [-0.15, -0.1) is 0 Å². The van der Waals surface area contributed by atoms with Crippen molar-refractivity contribution >= 4 is 46.8 Å². The zero-order chi connectivity index (χ0) is 22.7. The van der Waals surface area contributed by atoms with E-state index in [1.165, 1.54) is 24.3 Å². The van der Waals surface area contributed by atoms with Crippen LogP contribution in [0.2, 0.25) is 10.0 Å². The topological polar surface area (TPSA) is 95.1 Å². The van der Waals surface area contributed by atoms with Crippen molar-refractivity contribution < 1.29 is 14.7 Å². The molecule has 0 aliphatic rings. The normalized spacial score (nSPS) is 11.1. The van der Waals surface area contributed by atoms with Crippen LogP contribution in [0.1, 0.15) is 27.3 Å². The standard InChI is InChI=1S/C23H17Cl2N3O3/c1-13-9-16(10-17(12-26)22(29)27-19-6-4-18(24)5-7-19)14(2)28(13)21-11-15(23(30)31)3-8-20(21)25/h3-11H,1-2H3,(H,27,29)(H,30,31)/b17-10-. The van der Waals surface area contributed by atoms with Crippen LogP contribution in [0.4, 0.5) is 5.69 Å². The average molecular weight is 454 g/mol. The van der Waals surface area contributed by atoms with Crippen LogP contribution in [0.5, 0.6) is 0 Å². The lowest BCUT2D eigenvalue weighted by Crippen LogP contribution is -2.13. The Bertz CT molecular complexity index is 1250. The summed E-state index contributed by atoms with van der Waals surface area (Å²) in [6, 6.07) is 14.7. The lowest BCUT2D eigenvalue weighted by molar-refractivity contribution is -0.112. The number of hydrogen-bond acceptors (Lipinski definition) is 3. The minimum Gasteiger partial charge on any atom is -0.478 e. The van der Waals surface area contributed by atoms with Gasteiger partial charge in [0.15, 0.2) is 0 Å². The van der Waals surface area contributed by atoms with Gasteiger partial charge < -0.3 is 15.0 Å². The third kappa shape index (κ3) is 4.80. The Morgan fingerprint density at radius 3 is 2.39 bits per heavy atom. The maximum atomic E-state index is 12.6. The van der Waals surface area contributed by atoms with Crippen LogP contribution in [0.25, 0.3) is 11.8 Å². The van der Waals surface area contributed by atoms with Gasteiger partial charge in [0.25, 0.3) is 5.91 Å². The van der Waals surface area contributed by atoms with E-state index in [-0.39, 0.29) is 11.1 Å². The lowest BCUT2D eigenvalue weighted by atomic mass is 10.1. The molecule has 6 nitrogen and oxygen atoms in total. The smallest absolute Gasteiger partial charge is 0.335 e. The predicted molar refractivity (Wildman–Crippen MR) is 121 cm³/mol. The van der Waals surface area contributed by atoms with E-state index in [2.05, 4.69) is 5.32 Å². The Kier molecular flexibility index (Phi) is 6.50. The van der Waals surface area contributed by atoms with E-state index in [0.29, 0.717) is 32.7 Å². The first-order valence-corrected chi connectivity index (χ1v) is 9.87. The van der Waals surface area contributed by atoms with Crippen molar-refractivity contribution in [1.29, 1.82) is 5.26 Å². The molecule has 0 radical (unpaired) electrons. The molecule has 3 aromatic rings. The molecule has 1 heterocycles. The largest absolute Gasteiger partial charge is 0.478 e. The summed E-state index contributed by atoms with van der Waals surface area (Å²) in [4.78, 5) is 23.9. The minimum atomic E-state index is -1.06. The Balaban J connectivity index is 1.99. The maximum absolute atomic E-state index is 12.6. The molecule has 8 heteroatoms. The number of amides is 1. The number of aromatic nitrogens is 1. The summed E-state index contributed by atoms with van der Waals surface area (Å²) >= 11 is 12.2. The molecule has 0 bridgehead atoms. The van der Waals surface area contributed by atoms with Crippen LogP contribution in [0.3, 0.4) is 0 Å². The van der Waals surface area contributed by atoms with Gasteiger partial charge in [-0.3, -0.25) is 4.79 Å². The van der Waals surface area contributed by atoms with E-state index in [1.54, 1.807) is 41.8 Å². The van der Waals surface area contributed by atoms with E-state index in [0.717, 1.165) is 5.69 Å². The number of rotatable bonds is 5. The number of halogens is 2. The molecule has 3 rings (SSSR count). The molecular formula is C23H17Cl2N3O3. The van der Waals surface area contributed by atoms with Crippen LogP contribution in [-0.2, 0) is 4.79 Å². The number of benzene rings is 2. The quantitative estimate of drug-likeness (QED) is 0.385. The van der Waals surface area contributed by atoms with E-state index in [9.17, 15) is 20.0 Å². The molecule has 0 saturated heterocycles. The summed E-state index contributed by atoms with van der Waals surface area (Å²) in [5.74, 6) is -1.62. The number of aromatic carboxylic acids is 1. The number of nitrogens with zero attached hydrogens (tertiary/aromatic N) is 2. The molecule has 0 spiro atoms. The molecular weight excluding hydrogens is 437 g/mol. The Hall–Kier alpha value is -3.53. The highest BCUT2D eigenvalue weighted by Gasteiger charge is 2.17. The highest BCUT2D eigenvalue weighted by molar-refractivity contribution is 6.32. The fourth-order valence-electron chi connectivity index (χ4n) is 3.16. The van der Waals surface area contributed by atoms with E-state index in [4.69, 9.17) is 23.2 Å². The van der Waals surface area contributed by atoms with Gasteiger partial charge in [-0.05, 0) is 74.0 Å². The van der Waals surface area contributed by atoms with E-state index >= 15 is 0 Å². The number of carboxylic acids is 1. The van der Waals surface area contributed by atoms with Gasteiger partial charge in [-0.2, -0.15) is 5.26 Å². The second kappa shape index (κ2) is 9.09. The number of carbonyl (C=O) groups excluding carboxylic acids is 1. The number of nitriles is 1. The van der Waals surface area contributed by atoms with Crippen molar-refractivity contribution in [2.45, 2.75) is 13.8 Å². The molecule has 0 unspecified atom stereocenters. The van der Waals surface area contributed by atoms with Gasteiger partial charge in [0.1, 0.15) is 11.6 Å². The van der Waals surface area contributed by atoms with Crippen molar-refractivity contribution in [1.82, 2.24) is 4.57 Å². The summed E-state index contributed by atoms with van der Waals surface area (Å²) in [5.41, 5.74) is 3.14. The van der Waals surface area contributed by atoms with Crippen LogP contribution < -0.4 is 5.32 Å². The Labute approximate surface area is 188 Å². The maximum Gasteiger partial charge on any atom is 0.335 e. The average Bonchev–Trinajstić information content (AvgIpc) is 3.01. The van der Waals surface area contributed by atoms with Gasteiger partial charge in [0.2, 0.25) is 0 Å². The molecule has 31 heavy (non-hydrogen) atoms. The van der Waals surface area contributed by atoms with Crippen molar-refractivity contribution in [3.63, 3.8) is 0 Å². The second-order valence-electron chi connectivity index (χ2n) is 6.76. The van der Waals surface area contributed by atoms with Crippen molar-refractivity contribution in [2.75, 3.05) is 5.32 Å². The van der Waals surface area contributed by atoms with Crippen molar-refractivity contribution in [2.24, 2.45) is 0 Å². The first-order valence-electron chi connectivity index (χ1n) is 9.12. The third-order valence-corrected chi connectivity index (χ3v) is 5.24. The van der Waals surface area contributed by atoms with Gasteiger partial charge in [0, 0.05) is 22.1 Å². The van der Waals surface area contributed by atoms with Gasteiger partial charge >= 0.3 is 5.97 Å². The third-order valence-electron chi connectivity index (χ3n) is 4.67. The number of nitrogens with one attached hydrogen (secondary N) is 1. The molecule has 0 fully saturated rings. The van der Waals surface area contributed by atoms with Crippen molar-refractivity contribution in [3.8, 4) is 11.8 Å². The Morgan fingerprint density at radius 2 is 1.77 bits per heavy atom. The zero-order valence-electron chi connectivity index (χ0n) is 16.6. The van der Waals surface area contributed by atoms with Crippen LogP contribution in [0, 0.1) is 25.2 Å². The van der Waals surface area contributed by atoms with Gasteiger partial charge in [-0.25, -0.2) is 4.79 Å². The molecule has 1 aromatic heterocycles. The second-order valence-corrected chi connectivity index (χ2v) is 7.61. The predicted octanol–water partition coefficient (Wildman–Crippen LogP) is 5.64. The minimum absolute atomic E-state index is 0.0828. The van der Waals surface area contributed by atoms with E-state index in [1.807, 2.05) is 13.0 Å². The zero-order valence-corrected chi connectivity index (χ0v) is 18.1. The first-order chi connectivity index (χ1) is 14.7. The summed E-state index contributed by atoms with van der Waals surface area (Å²) in [6.07, 6.45) is 1.49. The number of hydrogen-bond donors (Lipinski definition) is 2. The summed E-state index contributed by atoms with van der Waals surface area (Å²) in [6.45, 7) is 3.63. The van der Waals surface area contributed by atoms with Crippen LogP contribution in [0.15, 0.2) is 54.1 Å². The number of aryl methyl sites for hydroxylation is 1. The summed E-state index contributed by atoms with van der Waals surface area (Å²) in [5, 5.41) is 22.4. The fourth-order valence-corrected chi connectivity index (χ4v) is 3.49. The summed E-state index contributed by atoms with van der Waals surface area (Å²) < 4.78 is 1.78. The molecule has 0 aliphatic carbocycles. The SMILES string of the molecule is Cc1cc(/C=C(/C#N)C(=O)Nc2ccc(Cl)cc2)c(C)n1-c1cc(C(=O)O)ccc1Cl. The number of carboxylic acid groups (broad SMARTS) is 1. The Morgan fingerprint density at radius 1 is 1.10 bits per heavy atom. The molecule has 2 aromatic carbocycles.